The lowest BCUT2D eigenvalue weighted by molar-refractivity contribution is 0.336. The minimum atomic E-state index is 0.376. The number of aromatic hydroxyl groups is 1. The van der Waals surface area contributed by atoms with Gasteiger partial charge in [0, 0.05) is 0 Å². The van der Waals surface area contributed by atoms with Gasteiger partial charge in [-0.15, -0.1) is 0 Å². The SMILES string of the molecule is CCOc1cc(C)c(O)c(C)c1C. The van der Waals surface area contributed by atoms with Crippen LogP contribution in [-0.4, -0.2) is 11.7 Å². The lowest BCUT2D eigenvalue weighted by Gasteiger charge is -2.12. The zero-order valence-electron chi connectivity index (χ0n) is 8.64. The van der Waals surface area contributed by atoms with Gasteiger partial charge in [0.25, 0.3) is 0 Å². The van der Waals surface area contributed by atoms with Crippen molar-refractivity contribution < 1.29 is 9.84 Å². The second-order valence-electron chi connectivity index (χ2n) is 3.22. The van der Waals surface area contributed by atoms with Gasteiger partial charge in [0.15, 0.2) is 0 Å². The Morgan fingerprint density at radius 1 is 1.23 bits per heavy atom. The van der Waals surface area contributed by atoms with E-state index in [1.54, 1.807) is 0 Å². The van der Waals surface area contributed by atoms with Crippen molar-refractivity contribution in [1.82, 2.24) is 0 Å². The molecule has 2 nitrogen and oxygen atoms in total. The van der Waals surface area contributed by atoms with Gasteiger partial charge in [-0.2, -0.15) is 0 Å². The molecule has 0 saturated carbocycles. The maximum absolute atomic E-state index is 9.62. The van der Waals surface area contributed by atoms with Gasteiger partial charge in [-0.05, 0) is 50.5 Å². The van der Waals surface area contributed by atoms with Crippen LogP contribution in [0.15, 0.2) is 6.07 Å². The van der Waals surface area contributed by atoms with Gasteiger partial charge in [-0.3, -0.25) is 0 Å². The molecule has 0 unspecified atom stereocenters. The summed E-state index contributed by atoms with van der Waals surface area (Å²) in [6.07, 6.45) is 0. The first kappa shape index (κ1) is 9.90. The molecular formula is C11H16O2. The van der Waals surface area contributed by atoms with E-state index >= 15 is 0 Å². The second kappa shape index (κ2) is 3.69. The van der Waals surface area contributed by atoms with E-state index in [-0.39, 0.29) is 0 Å². The molecule has 0 heterocycles. The fourth-order valence-corrected chi connectivity index (χ4v) is 1.34. The van der Waals surface area contributed by atoms with Gasteiger partial charge in [-0.25, -0.2) is 0 Å². The highest BCUT2D eigenvalue weighted by Crippen LogP contribution is 2.31. The minimum absolute atomic E-state index is 0.376. The summed E-state index contributed by atoms with van der Waals surface area (Å²) in [5.41, 5.74) is 2.79. The zero-order valence-corrected chi connectivity index (χ0v) is 8.64. The highest BCUT2D eigenvalue weighted by atomic mass is 16.5. The van der Waals surface area contributed by atoms with E-state index in [9.17, 15) is 5.11 Å². The van der Waals surface area contributed by atoms with Crippen LogP contribution in [0.2, 0.25) is 0 Å². The molecule has 0 saturated heterocycles. The maximum Gasteiger partial charge on any atom is 0.122 e. The molecule has 0 amide bonds. The van der Waals surface area contributed by atoms with Crippen molar-refractivity contribution in [2.24, 2.45) is 0 Å². The predicted molar refractivity (Wildman–Crippen MR) is 53.5 cm³/mol. The van der Waals surface area contributed by atoms with Crippen LogP contribution in [0.3, 0.4) is 0 Å². The third-order valence-corrected chi connectivity index (χ3v) is 2.31. The van der Waals surface area contributed by atoms with Crippen LogP contribution >= 0.6 is 0 Å². The van der Waals surface area contributed by atoms with Gasteiger partial charge in [-0.1, -0.05) is 0 Å². The number of rotatable bonds is 2. The number of phenols is 1. The van der Waals surface area contributed by atoms with Crippen LogP contribution in [0.1, 0.15) is 23.6 Å². The average Bonchev–Trinajstić information content (AvgIpc) is 2.11. The summed E-state index contributed by atoms with van der Waals surface area (Å²) in [4.78, 5) is 0. The van der Waals surface area contributed by atoms with E-state index < -0.39 is 0 Å². The minimum Gasteiger partial charge on any atom is -0.507 e. The molecule has 1 N–H and O–H groups in total. The molecule has 0 aliphatic carbocycles. The largest absolute Gasteiger partial charge is 0.507 e. The van der Waals surface area contributed by atoms with Crippen molar-refractivity contribution in [3.05, 3.63) is 22.8 Å². The first-order chi connectivity index (χ1) is 6.07. The highest BCUT2D eigenvalue weighted by molar-refractivity contribution is 5.51. The average molecular weight is 180 g/mol. The van der Waals surface area contributed by atoms with Crippen LogP contribution in [-0.2, 0) is 0 Å². The van der Waals surface area contributed by atoms with Crippen molar-refractivity contribution in [2.75, 3.05) is 6.61 Å². The van der Waals surface area contributed by atoms with Crippen LogP contribution in [0.5, 0.6) is 11.5 Å². The van der Waals surface area contributed by atoms with E-state index in [2.05, 4.69) is 0 Å². The second-order valence-corrected chi connectivity index (χ2v) is 3.22. The van der Waals surface area contributed by atoms with E-state index in [1.165, 1.54) is 0 Å². The van der Waals surface area contributed by atoms with Crippen LogP contribution in [0.25, 0.3) is 0 Å². The summed E-state index contributed by atoms with van der Waals surface area (Å²) in [5.74, 6) is 1.25. The van der Waals surface area contributed by atoms with Gasteiger partial charge in [0.1, 0.15) is 11.5 Å². The maximum atomic E-state index is 9.62. The molecular weight excluding hydrogens is 164 g/mol. The number of benzene rings is 1. The first-order valence-electron chi connectivity index (χ1n) is 4.50. The predicted octanol–water partition coefficient (Wildman–Crippen LogP) is 2.72. The Hall–Kier alpha value is -1.18. The lowest BCUT2D eigenvalue weighted by Crippen LogP contribution is -1.97. The van der Waals surface area contributed by atoms with Crippen LogP contribution < -0.4 is 4.74 Å². The van der Waals surface area contributed by atoms with Gasteiger partial charge in [0.05, 0.1) is 6.61 Å². The summed E-state index contributed by atoms with van der Waals surface area (Å²) >= 11 is 0. The molecule has 1 aromatic carbocycles. The summed E-state index contributed by atoms with van der Waals surface area (Å²) in [6.45, 7) is 8.35. The highest BCUT2D eigenvalue weighted by Gasteiger charge is 2.09. The Kier molecular flexibility index (Phi) is 2.81. The topological polar surface area (TPSA) is 29.5 Å². The van der Waals surface area contributed by atoms with Crippen molar-refractivity contribution in [1.29, 1.82) is 0 Å². The fourth-order valence-electron chi connectivity index (χ4n) is 1.34. The summed E-state index contributed by atoms with van der Waals surface area (Å²) in [6, 6.07) is 1.88. The Morgan fingerprint density at radius 3 is 2.38 bits per heavy atom. The third-order valence-electron chi connectivity index (χ3n) is 2.31. The van der Waals surface area contributed by atoms with Crippen LogP contribution in [0, 0.1) is 20.8 Å². The van der Waals surface area contributed by atoms with Crippen LogP contribution in [0.4, 0.5) is 0 Å². The van der Waals surface area contributed by atoms with E-state index in [0.717, 1.165) is 22.4 Å². The number of hydrogen-bond acceptors (Lipinski definition) is 2. The number of aryl methyl sites for hydroxylation is 1. The molecule has 0 bridgehead atoms. The summed E-state index contributed by atoms with van der Waals surface area (Å²) in [5, 5.41) is 9.62. The monoisotopic (exact) mass is 180 g/mol. The van der Waals surface area contributed by atoms with Crippen molar-refractivity contribution in [3.8, 4) is 11.5 Å². The number of hydrogen-bond donors (Lipinski definition) is 1. The molecule has 13 heavy (non-hydrogen) atoms. The lowest BCUT2D eigenvalue weighted by atomic mass is 10.0. The van der Waals surface area contributed by atoms with Gasteiger partial charge >= 0.3 is 0 Å². The van der Waals surface area contributed by atoms with Gasteiger partial charge < -0.3 is 9.84 Å². The molecule has 0 aliphatic heterocycles. The third kappa shape index (κ3) is 1.77. The Bertz CT molecular complexity index is 316. The molecule has 1 rings (SSSR count). The number of phenolic OH excluding ortho intramolecular Hbond substituents is 1. The molecule has 0 aliphatic rings. The molecule has 0 spiro atoms. The van der Waals surface area contributed by atoms with E-state index in [4.69, 9.17) is 4.74 Å². The quantitative estimate of drug-likeness (QED) is 0.758. The Balaban J connectivity index is 3.24. The van der Waals surface area contributed by atoms with Crippen molar-refractivity contribution in [3.63, 3.8) is 0 Å². The molecule has 1 aromatic rings. The zero-order chi connectivity index (χ0) is 10.0. The molecule has 0 atom stereocenters. The molecule has 0 aromatic heterocycles. The van der Waals surface area contributed by atoms with Crippen molar-refractivity contribution in [2.45, 2.75) is 27.7 Å². The Morgan fingerprint density at radius 2 is 1.85 bits per heavy atom. The molecule has 2 heteroatoms. The first-order valence-corrected chi connectivity index (χ1v) is 4.50. The number of ether oxygens (including phenoxy) is 1. The summed E-state index contributed by atoms with van der Waals surface area (Å²) < 4.78 is 5.44. The molecule has 72 valence electrons. The Labute approximate surface area is 79.2 Å². The molecule has 0 fully saturated rings. The molecule has 0 radical (unpaired) electrons. The van der Waals surface area contributed by atoms with E-state index in [0.29, 0.717) is 12.4 Å². The normalized spacial score (nSPS) is 10.2. The van der Waals surface area contributed by atoms with Gasteiger partial charge in [0.2, 0.25) is 0 Å². The van der Waals surface area contributed by atoms with Crippen molar-refractivity contribution >= 4 is 0 Å². The fraction of sp³-hybridized carbons (Fsp3) is 0.455. The van der Waals surface area contributed by atoms with E-state index in [1.807, 2.05) is 33.8 Å². The summed E-state index contributed by atoms with van der Waals surface area (Å²) in [7, 11) is 0. The smallest absolute Gasteiger partial charge is 0.122 e. The standard InChI is InChI=1S/C11H16O2/c1-5-13-10-6-7(2)11(12)9(4)8(10)3/h6,12H,5H2,1-4H3.